The smallest absolute Gasteiger partial charge is 0.143 e. The molecule has 3 aromatic rings. The molecule has 1 aromatic carbocycles. The molecule has 0 spiro atoms. The molecule has 0 atom stereocenters. The quantitative estimate of drug-likeness (QED) is 0.720. The molecule has 5 nitrogen and oxygen atoms in total. The molecule has 102 valence electrons. The maximum absolute atomic E-state index is 6.14. The zero-order chi connectivity index (χ0) is 13.5. The third-order valence-corrected chi connectivity index (χ3v) is 3.98. The summed E-state index contributed by atoms with van der Waals surface area (Å²) in [7, 11) is 0. The maximum Gasteiger partial charge on any atom is 0.143 e. The lowest BCUT2D eigenvalue weighted by atomic mass is 10.2. The van der Waals surface area contributed by atoms with Gasteiger partial charge in [-0.3, -0.25) is 0 Å². The van der Waals surface area contributed by atoms with Crippen molar-refractivity contribution in [3.8, 4) is 0 Å². The number of fused-ring (bicyclic) bond motifs is 3. The average Bonchev–Trinajstić information content (AvgIpc) is 2.86. The number of piperazine rings is 1. The van der Waals surface area contributed by atoms with Crippen molar-refractivity contribution in [2.45, 2.75) is 0 Å². The van der Waals surface area contributed by atoms with Crippen molar-refractivity contribution in [3.63, 3.8) is 0 Å². The Kier molecular flexibility index (Phi) is 2.75. The van der Waals surface area contributed by atoms with Crippen LogP contribution in [0.3, 0.4) is 0 Å². The number of hydrogen-bond donors (Lipinski definition) is 2. The van der Waals surface area contributed by atoms with Gasteiger partial charge in [0.05, 0.1) is 5.39 Å². The number of H-pyrrole nitrogens is 1. The molecule has 0 unspecified atom stereocenters. The summed E-state index contributed by atoms with van der Waals surface area (Å²) in [6.07, 6.45) is 1.62. The largest absolute Gasteiger partial charge is 0.353 e. The normalized spacial score (nSPS) is 16.1. The van der Waals surface area contributed by atoms with E-state index in [2.05, 4.69) is 25.2 Å². The molecule has 1 aliphatic heterocycles. The molecule has 2 aromatic heterocycles. The molecule has 0 aliphatic carbocycles. The van der Waals surface area contributed by atoms with Crippen LogP contribution in [0.2, 0.25) is 5.02 Å². The number of rotatable bonds is 1. The number of benzene rings is 1. The Morgan fingerprint density at radius 1 is 1.15 bits per heavy atom. The number of nitrogens with one attached hydrogen (secondary N) is 2. The van der Waals surface area contributed by atoms with E-state index in [1.807, 2.05) is 18.2 Å². The molecule has 20 heavy (non-hydrogen) atoms. The number of hydrogen-bond acceptors (Lipinski definition) is 4. The van der Waals surface area contributed by atoms with Gasteiger partial charge in [0.25, 0.3) is 0 Å². The van der Waals surface area contributed by atoms with Crippen LogP contribution in [-0.4, -0.2) is 41.1 Å². The minimum absolute atomic E-state index is 0.730. The minimum Gasteiger partial charge on any atom is -0.353 e. The predicted octanol–water partition coefficient (Wildman–Crippen LogP) is 2.17. The van der Waals surface area contributed by atoms with Gasteiger partial charge in [-0.25, -0.2) is 9.97 Å². The van der Waals surface area contributed by atoms with Crippen LogP contribution in [0.25, 0.3) is 21.9 Å². The third kappa shape index (κ3) is 1.82. The van der Waals surface area contributed by atoms with Crippen LogP contribution in [0.1, 0.15) is 0 Å². The van der Waals surface area contributed by atoms with Gasteiger partial charge in [-0.05, 0) is 18.2 Å². The highest BCUT2D eigenvalue weighted by molar-refractivity contribution is 6.32. The fourth-order valence-electron chi connectivity index (χ4n) is 2.80. The van der Waals surface area contributed by atoms with E-state index in [1.165, 1.54) is 0 Å². The summed E-state index contributed by atoms with van der Waals surface area (Å²) in [5.74, 6) is 0.991. The fourth-order valence-corrected chi connectivity index (χ4v) is 2.97. The molecule has 1 fully saturated rings. The van der Waals surface area contributed by atoms with Gasteiger partial charge in [-0.15, -0.1) is 0 Å². The highest BCUT2D eigenvalue weighted by atomic mass is 35.5. The van der Waals surface area contributed by atoms with Crippen molar-refractivity contribution in [2.75, 3.05) is 31.1 Å². The summed E-state index contributed by atoms with van der Waals surface area (Å²) in [6, 6.07) is 5.85. The first kappa shape index (κ1) is 11.9. The highest BCUT2D eigenvalue weighted by Crippen LogP contribution is 2.32. The van der Waals surface area contributed by atoms with Gasteiger partial charge >= 0.3 is 0 Å². The molecule has 4 rings (SSSR count). The van der Waals surface area contributed by atoms with Crippen LogP contribution in [0.15, 0.2) is 24.5 Å². The van der Waals surface area contributed by atoms with E-state index >= 15 is 0 Å². The Balaban J connectivity index is 1.99. The van der Waals surface area contributed by atoms with Gasteiger partial charge < -0.3 is 15.2 Å². The Morgan fingerprint density at radius 3 is 2.85 bits per heavy atom. The zero-order valence-corrected chi connectivity index (χ0v) is 11.6. The summed E-state index contributed by atoms with van der Waals surface area (Å²) in [5, 5.41) is 6.24. The molecule has 0 radical (unpaired) electrons. The highest BCUT2D eigenvalue weighted by Gasteiger charge is 2.18. The Labute approximate surface area is 121 Å². The van der Waals surface area contributed by atoms with Crippen molar-refractivity contribution >= 4 is 39.4 Å². The Morgan fingerprint density at radius 2 is 2.00 bits per heavy atom. The predicted molar refractivity (Wildman–Crippen MR) is 81.5 cm³/mol. The standard InChI is InChI=1S/C14H14ClN5/c15-9-1-2-11-10(7-9)12-13(19-11)17-8-18-14(12)20-5-3-16-4-6-20/h1-2,7-8,16H,3-6H2,(H,17,18,19). The first-order valence-electron chi connectivity index (χ1n) is 6.70. The zero-order valence-electron chi connectivity index (χ0n) is 10.9. The Hall–Kier alpha value is -1.85. The lowest BCUT2D eigenvalue weighted by Gasteiger charge is -2.28. The summed E-state index contributed by atoms with van der Waals surface area (Å²) in [4.78, 5) is 14.5. The molecule has 0 amide bonds. The number of nitrogens with zero attached hydrogens (tertiary/aromatic N) is 3. The molecule has 2 N–H and O–H groups in total. The molecule has 3 heterocycles. The number of anilines is 1. The first-order valence-corrected chi connectivity index (χ1v) is 7.08. The number of aromatic nitrogens is 3. The number of aromatic amines is 1. The molecule has 6 heteroatoms. The van der Waals surface area contributed by atoms with Crippen molar-refractivity contribution in [1.82, 2.24) is 20.3 Å². The third-order valence-electron chi connectivity index (χ3n) is 3.75. The molecule has 1 saturated heterocycles. The van der Waals surface area contributed by atoms with Gasteiger partial charge in [0, 0.05) is 42.1 Å². The molecule has 1 aliphatic rings. The fraction of sp³-hybridized carbons (Fsp3) is 0.286. The van der Waals surface area contributed by atoms with Crippen LogP contribution in [0, 0.1) is 0 Å². The van der Waals surface area contributed by atoms with E-state index in [4.69, 9.17) is 11.6 Å². The van der Waals surface area contributed by atoms with Crippen molar-refractivity contribution in [3.05, 3.63) is 29.5 Å². The van der Waals surface area contributed by atoms with Crippen LogP contribution in [0.5, 0.6) is 0 Å². The van der Waals surface area contributed by atoms with Crippen LogP contribution in [0.4, 0.5) is 5.82 Å². The molecular weight excluding hydrogens is 274 g/mol. The summed E-state index contributed by atoms with van der Waals surface area (Å²) in [5.41, 5.74) is 1.91. The Bertz CT molecular complexity index is 776. The van der Waals surface area contributed by atoms with Gasteiger partial charge in [0.15, 0.2) is 0 Å². The molecular formula is C14H14ClN5. The van der Waals surface area contributed by atoms with Crippen LogP contribution in [-0.2, 0) is 0 Å². The van der Waals surface area contributed by atoms with E-state index in [1.54, 1.807) is 6.33 Å². The second-order valence-corrected chi connectivity index (χ2v) is 5.41. The van der Waals surface area contributed by atoms with E-state index in [-0.39, 0.29) is 0 Å². The summed E-state index contributed by atoms with van der Waals surface area (Å²) >= 11 is 6.14. The van der Waals surface area contributed by atoms with Gasteiger partial charge in [0.2, 0.25) is 0 Å². The van der Waals surface area contributed by atoms with E-state index in [0.717, 1.165) is 59.0 Å². The second-order valence-electron chi connectivity index (χ2n) is 4.97. The second kappa shape index (κ2) is 4.61. The molecule has 0 bridgehead atoms. The first-order chi connectivity index (χ1) is 9.83. The summed E-state index contributed by atoms with van der Waals surface area (Å²) in [6.45, 7) is 3.88. The topological polar surface area (TPSA) is 56.8 Å². The lowest BCUT2D eigenvalue weighted by Crippen LogP contribution is -2.44. The van der Waals surface area contributed by atoms with Crippen molar-refractivity contribution in [1.29, 1.82) is 0 Å². The van der Waals surface area contributed by atoms with Crippen LogP contribution >= 0.6 is 11.6 Å². The lowest BCUT2D eigenvalue weighted by molar-refractivity contribution is 0.586. The average molecular weight is 288 g/mol. The molecule has 0 saturated carbocycles. The monoisotopic (exact) mass is 287 g/mol. The van der Waals surface area contributed by atoms with Gasteiger partial charge in [-0.1, -0.05) is 11.6 Å². The van der Waals surface area contributed by atoms with E-state index in [0.29, 0.717) is 0 Å². The van der Waals surface area contributed by atoms with Crippen molar-refractivity contribution in [2.24, 2.45) is 0 Å². The SMILES string of the molecule is Clc1ccc2[nH]c3ncnc(N4CCNCC4)c3c2c1. The minimum atomic E-state index is 0.730. The van der Waals surface area contributed by atoms with Crippen LogP contribution < -0.4 is 10.2 Å². The van der Waals surface area contributed by atoms with E-state index < -0.39 is 0 Å². The number of halogens is 1. The van der Waals surface area contributed by atoms with E-state index in [9.17, 15) is 0 Å². The van der Waals surface area contributed by atoms with Gasteiger partial charge in [-0.2, -0.15) is 0 Å². The maximum atomic E-state index is 6.14. The summed E-state index contributed by atoms with van der Waals surface area (Å²) < 4.78 is 0. The van der Waals surface area contributed by atoms with Crippen molar-refractivity contribution < 1.29 is 0 Å². The van der Waals surface area contributed by atoms with Gasteiger partial charge in [0.1, 0.15) is 17.8 Å².